The van der Waals surface area contributed by atoms with Gasteiger partial charge in [0.2, 0.25) is 11.8 Å². The minimum Gasteiger partial charge on any atom is -0.351 e. The number of likely N-dealkylation sites (tertiary alicyclic amines) is 1. The quantitative estimate of drug-likeness (QED) is 0.665. The van der Waals surface area contributed by atoms with Crippen LogP contribution in [0.25, 0.3) is 0 Å². The molecule has 1 aromatic carbocycles. The molecule has 7 heteroatoms. The molecule has 1 saturated heterocycles. The predicted octanol–water partition coefficient (Wildman–Crippen LogP) is 1.95. The molecular formula is C22H31N5O2. The Morgan fingerprint density at radius 3 is 2.76 bits per heavy atom. The Hall–Kier alpha value is -2.67. The lowest BCUT2D eigenvalue weighted by Gasteiger charge is -2.19. The van der Waals surface area contributed by atoms with Gasteiger partial charge < -0.3 is 14.8 Å². The van der Waals surface area contributed by atoms with E-state index in [9.17, 15) is 9.59 Å². The zero-order valence-corrected chi connectivity index (χ0v) is 17.4. The SMILES string of the molecule is Cc1nccn1CCCN(C)CC(=O)NCc1ccccc1CN1CCCC1=O. The van der Waals surface area contributed by atoms with Crippen molar-refractivity contribution in [3.63, 3.8) is 0 Å². The molecule has 0 radical (unpaired) electrons. The maximum atomic E-state index is 12.3. The van der Waals surface area contributed by atoms with Gasteiger partial charge in [-0.3, -0.25) is 14.5 Å². The normalized spacial score (nSPS) is 14.0. The van der Waals surface area contributed by atoms with E-state index in [0.717, 1.165) is 49.4 Å². The van der Waals surface area contributed by atoms with Crippen molar-refractivity contribution in [2.24, 2.45) is 0 Å². The van der Waals surface area contributed by atoms with Gasteiger partial charge in [-0.2, -0.15) is 0 Å². The van der Waals surface area contributed by atoms with E-state index in [0.29, 0.717) is 26.1 Å². The van der Waals surface area contributed by atoms with Crippen molar-refractivity contribution in [2.45, 2.75) is 45.8 Å². The Kier molecular flexibility index (Phi) is 7.41. The summed E-state index contributed by atoms with van der Waals surface area (Å²) in [5.74, 6) is 1.24. The molecule has 156 valence electrons. The topological polar surface area (TPSA) is 70.5 Å². The number of rotatable bonds is 10. The molecule has 7 nitrogen and oxygen atoms in total. The van der Waals surface area contributed by atoms with Gasteiger partial charge in [-0.15, -0.1) is 0 Å². The van der Waals surface area contributed by atoms with E-state index in [2.05, 4.69) is 14.9 Å². The Morgan fingerprint density at radius 2 is 2.07 bits per heavy atom. The second-order valence-electron chi connectivity index (χ2n) is 7.72. The van der Waals surface area contributed by atoms with E-state index in [1.165, 1.54) is 0 Å². The van der Waals surface area contributed by atoms with E-state index < -0.39 is 0 Å². The van der Waals surface area contributed by atoms with Crippen LogP contribution >= 0.6 is 0 Å². The highest BCUT2D eigenvalue weighted by Gasteiger charge is 2.21. The van der Waals surface area contributed by atoms with Crippen LogP contribution in [0.3, 0.4) is 0 Å². The highest BCUT2D eigenvalue weighted by molar-refractivity contribution is 5.78. The van der Waals surface area contributed by atoms with Crippen LogP contribution in [0.1, 0.15) is 36.2 Å². The van der Waals surface area contributed by atoms with Gasteiger partial charge in [-0.05, 0) is 37.9 Å². The Bertz CT molecular complexity index is 832. The van der Waals surface area contributed by atoms with Gasteiger partial charge in [-0.25, -0.2) is 4.98 Å². The fourth-order valence-electron chi connectivity index (χ4n) is 3.69. The number of hydrogen-bond donors (Lipinski definition) is 1. The summed E-state index contributed by atoms with van der Waals surface area (Å²) in [7, 11) is 1.97. The average Bonchev–Trinajstić information content (AvgIpc) is 3.29. The highest BCUT2D eigenvalue weighted by atomic mass is 16.2. The Morgan fingerprint density at radius 1 is 1.28 bits per heavy atom. The molecule has 2 amide bonds. The number of amides is 2. The number of imidazole rings is 1. The first-order chi connectivity index (χ1) is 14.0. The number of nitrogens with one attached hydrogen (secondary N) is 1. The number of nitrogens with zero attached hydrogens (tertiary/aromatic N) is 4. The van der Waals surface area contributed by atoms with Gasteiger partial charge in [0.25, 0.3) is 0 Å². The fourth-order valence-corrected chi connectivity index (χ4v) is 3.69. The molecule has 0 atom stereocenters. The molecule has 2 aromatic rings. The van der Waals surface area contributed by atoms with Crippen molar-refractivity contribution in [3.05, 3.63) is 53.6 Å². The largest absolute Gasteiger partial charge is 0.351 e. The van der Waals surface area contributed by atoms with Crippen molar-refractivity contribution in [1.29, 1.82) is 0 Å². The van der Waals surface area contributed by atoms with Crippen LogP contribution in [0.4, 0.5) is 0 Å². The molecule has 1 aliphatic rings. The molecule has 0 bridgehead atoms. The van der Waals surface area contributed by atoms with Gasteiger partial charge in [0.1, 0.15) is 5.82 Å². The van der Waals surface area contributed by atoms with E-state index in [1.807, 2.05) is 60.4 Å². The van der Waals surface area contributed by atoms with Crippen molar-refractivity contribution in [1.82, 2.24) is 24.7 Å². The monoisotopic (exact) mass is 397 g/mol. The van der Waals surface area contributed by atoms with E-state index in [-0.39, 0.29) is 11.8 Å². The summed E-state index contributed by atoms with van der Waals surface area (Å²) in [4.78, 5) is 32.4. The highest BCUT2D eigenvalue weighted by Crippen LogP contribution is 2.17. The third-order valence-corrected chi connectivity index (χ3v) is 5.40. The first-order valence-corrected chi connectivity index (χ1v) is 10.3. The second kappa shape index (κ2) is 10.2. The lowest BCUT2D eigenvalue weighted by Crippen LogP contribution is -2.35. The van der Waals surface area contributed by atoms with Crippen LogP contribution < -0.4 is 5.32 Å². The summed E-state index contributed by atoms with van der Waals surface area (Å²) in [6.45, 7) is 6.05. The van der Waals surface area contributed by atoms with Crippen LogP contribution in [0, 0.1) is 6.92 Å². The van der Waals surface area contributed by atoms with Gasteiger partial charge in [0, 0.05) is 51.5 Å². The molecular weight excluding hydrogens is 366 g/mol. The number of carbonyl (C=O) groups is 2. The Labute approximate surface area is 172 Å². The molecule has 1 aliphatic heterocycles. The third-order valence-electron chi connectivity index (χ3n) is 5.40. The lowest BCUT2D eigenvalue weighted by molar-refractivity contribution is -0.128. The zero-order valence-electron chi connectivity index (χ0n) is 17.4. The summed E-state index contributed by atoms with van der Waals surface area (Å²) in [6.07, 6.45) is 6.34. The molecule has 29 heavy (non-hydrogen) atoms. The summed E-state index contributed by atoms with van der Waals surface area (Å²) in [5.41, 5.74) is 2.17. The van der Waals surface area contributed by atoms with Crippen molar-refractivity contribution < 1.29 is 9.59 Å². The van der Waals surface area contributed by atoms with Crippen molar-refractivity contribution in [2.75, 3.05) is 26.7 Å². The summed E-state index contributed by atoms with van der Waals surface area (Å²) >= 11 is 0. The summed E-state index contributed by atoms with van der Waals surface area (Å²) in [5, 5.41) is 3.02. The smallest absolute Gasteiger partial charge is 0.234 e. The zero-order chi connectivity index (χ0) is 20.6. The second-order valence-corrected chi connectivity index (χ2v) is 7.72. The van der Waals surface area contributed by atoms with E-state index >= 15 is 0 Å². The molecule has 0 unspecified atom stereocenters. The number of benzene rings is 1. The number of carbonyl (C=O) groups excluding carboxylic acids is 2. The van der Waals surface area contributed by atoms with Gasteiger partial charge in [-0.1, -0.05) is 24.3 Å². The molecule has 1 aromatic heterocycles. The molecule has 2 heterocycles. The van der Waals surface area contributed by atoms with Crippen LogP contribution in [-0.4, -0.2) is 57.8 Å². The van der Waals surface area contributed by atoms with Gasteiger partial charge in [0.05, 0.1) is 6.54 Å². The van der Waals surface area contributed by atoms with Gasteiger partial charge >= 0.3 is 0 Å². The first kappa shape index (κ1) is 21.0. The van der Waals surface area contributed by atoms with E-state index in [1.54, 1.807) is 0 Å². The van der Waals surface area contributed by atoms with E-state index in [4.69, 9.17) is 0 Å². The number of aromatic nitrogens is 2. The van der Waals surface area contributed by atoms with Gasteiger partial charge in [0.15, 0.2) is 0 Å². The number of likely N-dealkylation sites (N-methyl/N-ethyl adjacent to an activating group) is 1. The fraction of sp³-hybridized carbons (Fsp3) is 0.500. The Balaban J connectivity index is 1.42. The minimum absolute atomic E-state index is 0.0124. The first-order valence-electron chi connectivity index (χ1n) is 10.3. The lowest BCUT2D eigenvalue weighted by atomic mass is 10.1. The minimum atomic E-state index is 0.0124. The molecule has 0 aliphatic carbocycles. The van der Waals surface area contributed by atoms with Crippen LogP contribution in [-0.2, 0) is 29.2 Å². The number of hydrogen-bond acceptors (Lipinski definition) is 4. The van der Waals surface area contributed by atoms with Crippen LogP contribution in [0.15, 0.2) is 36.7 Å². The molecule has 0 saturated carbocycles. The maximum Gasteiger partial charge on any atom is 0.234 e. The van der Waals surface area contributed by atoms with Crippen molar-refractivity contribution >= 4 is 11.8 Å². The van der Waals surface area contributed by atoms with Crippen molar-refractivity contribution in [3.8, 4) is 0 Å². The summed E-state index contributed by atoms with van der Waals surface area (Å²) < 4.78 is 2.12. The summed E-state index contributed by atoms with van der Waals surface area (Å²) in [6, 6.07) is 8.02. The average molecular weight is 398 g/mol. The molecule has 1 fully saturated rings. The third kappa shape index (κ3) is 6.15. The van der Waals surface area contributed by atoms with Crippen LogP contribution in [0.5, 0.6) is 0 Å². The molecule has 3 rings (SSSR count). The number of aryl methyl sites for hydroxylation is 2. The maximum absolute atomic E-state index is 12.3. The predicted molar refractivity (Wildman–Crippen MR) is 112 cm³/mol. The molecule has 1 N–H and O–H groups in total. The van der Waals surface area contributed by atoms with Crippen LogP contribution in [0.2, 0.25) is 0 Å². The standard InChI is InChI=1S/C22H31N5O2/c1-18-23-10-14-26(18)13-6-11-25(2)17-21(28)24-15-19-7-3-4-8-20(19)16-27-12-5-9-22(27)29/h3-4,7-8,10,14H,5-6,9,11-13,15-17H2,1-2H3,(H,24,28). The molecule has 0 spiro atoms.